The maximum Gasteiger partial charge on any atom is 0.237 e. The topological polar surface area (TPSA) is 54.3 Å². The quantitative estimate of drug-likeness (QED) is 0.798. The highest BCUT2D eigenvalue weighted by Crippen LogP contribution is 2.05. The highest BCUT2D eigenvalue weighted by Gasteiger charge is 2.13. The molecule has 0 aliphatic rings. The van der Waals surface area contributed by atoms with Crippen LogP contribution in [0.5, 0.6) is 0 Å². The lowest BCUT2D eigenvalue weighted by Crippen LogP contribution is -2.44. The molecule has 0 radical (unpaired) electrons. The molecule has 16 heavy (non-hydrogen) atoms. The summed E-state index contributed by atoms with van der Waals surface area (Å²) in [6, 6.07) is 3.78. The number of aryl methyl sites for hydroxylation is 1. The fraction of sp³-hybridized carbons (Fsp3) is 0.583. The average molecular weight is 224 g/mol. The summed E-state index contributed by atoms with van der Waals surface area (Å²) in [4.78, 5) is 11.6. The van der Waals surface area contributed by atoms with Gasteiger partial charge in [-0.05, 0) is 39.8 Å². The van der Waals surface area contributed by atoms with Crippen LogP contribution in [-0.2, 0) is 11.3 Å². The molecule has 4 heteroatoms. The van der Waals surface area contributed by atoms with Gasteiger partial charge in [-0.2, -0.15) is 0 Å². The Balaban J connectivity index is 2.34. The Morgan fingerprint density at radius 1 is 1.38 bits per heavy atom. The minimum absolute atomic E-state index is 0.0123. The van der Waals surface area contributed by atoms with Crippen molar-refractivity contribution in [3.63, 3.8) is 0 Å². The smallest absolute Gasteiger partial charge is 0.237 e. The average Bonchev–Trinajstić information content (AvgIpc) is 2.59. The minimum atomic E-state index is -0.215. The van der Waals surface area contributed by atoms with Gasteiger partial charge in [0.2, 0.25) is 5.91 Å². The normalized spacial score (nSPS) is 12.8. The SMILES string of the molecule is Cc1ccc(CNC(C)C(=O)NC(C)C)o1. The highest BCUT2D eigenvalue weighted by molar-refractivity contribution is 5.81. The summed E-state index contributed by atoms with van der Waals surface area (Å²) in [5.41, 5.74) is 0. The Hall–Kier alpha value is -1.29. The molecule has 1 amide bonds. The number of carbonyl (C=O) groups is 1. The molecule has 1 rings (SSSR count). The molecule has 1 heterocycles. The van der Waals surface area contributed by atoms with Crippen LogP contribution in [0.25, 0.3) is 0 Å². The lowest BCUT2D eigenvalue weighted by Gasteiger charge is -2.15. The van der Waals surface area contributed by atoms with Crippen LogP contribution in [-0.4, -0.2) is 18.0 Å². The summed E-state index contributed by atoms with van der Waals surface area (Å²) < 4.78 is 5.40. The molecular weight excluding hydrogens is 204 g/mol. The summed E-state index contributed by atoms with van der Waals surface area (Å²) in [6.07, 6.45) is 0. The zero-order chi connectivity index (χ0) is 12.1. The first-order chi connectivity index (χ1) is 7.49. The molecule has 90 valence electrons. The van der Waals surface area contributed by atoms with Gasteiger partial charge in [-0.3, -0.25) is 10.1 Å². The number of carbonyl (C=O) groups excluding carboxylic acids is 1. The Morgan fingerprint density at radius 2 is 2.06 bits per heavy atom. The second-order valence-electron chi connectivity index (χ2n) is 4.28. The van der Waals surface area contributed by atoms with E-state index < -0.39 is 0 Å². The molecule has 4 nitrogen and oxygen atoms in total. The van der Waals surface area contributed by atoms with Crippen molar-refractivity contribution in [3.8, 4) is 0 Å². The Labute approximate surface area is 96.4 Å². The van der Waals surface area contributed by atoms with Gasteiger partial charge < -0.3 is 9.73 Å². The van der Waals surface area contributed by atoms with E-state index in [4.69, 9.17) is 4.42 Å². The zero-order valence-corrected chi connectivity index (χ0v) is 10.3. The fourth-order valence-electron chi connectivity index (χ4n) is 1.34. The van der Waals surface area contributed by atoms with E-state index in [2.05, 4.69) is 10.6 Å². The molecule has 1 aromatic rings. The van der Waals surface area contributed by atoms with E-state index in [0.29, 0.717) is 6.54 Å². The number of hydrogen-bond acceptors (Lipinski definition) is 3. The van der Waals surface area contributed by atoms with Crippen LogP contribution < -0.4 is 10.6 Å². The van der Waals surface area contributed by atoms with Crippen molar-refractivity contribution >= 4 is 5.91 Å². The molecule has 1 atom stereocenters. The van der Waals surface area contributed by atoms with Crippen LogP contribution in [0.4, 0.5) is 0 Å². The number of hydrogen-bond donors (Lipinski definition) is 2. The molecule has 0 aliphatic heterocycles. The van der Waals surface area contributed by atoms with E-state index in [1.54, 1.807) is 0 Å². The second-order valence-corrected chi connectivity index (χ2v) is 4.28. The van der Waals surface area contributed by atoms with Crippen LogP contribution in [0.3, 0.4) is 0 Å². The predicted octanol–water partition coefficient (Wildman–Crippen LogP) is 1.59. The molecule has 0 saturated heterocycles. The predicted molar refractivity (Wildman–Crippen MR) is 63.0 cm³/mol. The van der Waals surface area contributed by atoms with E-state index in [1.165, 1.54) is 0 Å². The molecule has 1 aromatic heterocycles. The van der Waals surface area contributed by atoms with Gasteiger partial charge in [0, 0.05) is 6.04 Å². The van der Waals surface area contributed by atoms with Crippen LogP contribution in [0.15, 0.2) is 16.5 Å². The standard InChI is InChI=1S/C12H20N2O2/c1-8(2)14-12(15)10(4)13-7-11-6-5-9(3)16-11/h5-6,8,10,13H,7H2,1-4H3,(H,14,15). The van der Waals surface area contributed by atoms with E-state index in [1.807, 2.05) is 39.8 Å². The van der Waals surface area contributed by atoms with E-state index in [0.717, 1.165) is 11.5 Å². The third kappa shape index (κ3) is 4.06. The number of rotatable bonds is 5. The first kappa shape index (κ1) is 12.8. The molecular formula is C12H20N2O2. The summed E-state index contributed by atoms with van der Waals surface area (Å²) in [5, 5.41) is 5.96. The second kappa shape index (κ2) is 5.70. The molecule has 0 spiro atoms. The Bertz CT molecular complexity index is 345. The molecule has 0 aromatic carbocycles. The third-order valence-electron chi connectivity index (χ3n) is 2.20. The van der Waals surface area contributed by atoms with E-state index >= 15 is 0 Å². The van der Waals surface area contributed by atoms with Gasteiger partial charge in [-0.25, -0.2) is 0 Å². The molecule has 0 saturated carbocycles. The minimum Gasteiger partial charge on any atom is -0.465 e. The molecule has 0 fully saturated rings. The van der Waals surface area contributed by atoms with E-state index in [-0.39, 0.29) is 18.0 Å². The van der Waals surface area contributed by atoms with Gasteiger partial charge in [0.25, 0.3) is 0 Å². The number of furan rings is 1. The van der Waals surface area contributed by atoms with Crippen molar-refractivity contribution in [2.24, 2.45) is 0 Å². The molecule has 2 N–H and O–H groups in total. The van der Waals surface area contributed by atoms with Gasteiger partial charge in [0.15, 0.2) is 0 Å². The third-order valence-corrected chi connectivity index (χ3v) is 2.20. The lowest BCUT2D eigenvalue weighted by atomic mass is 10.2. The van der Waals surface area contributed by atoms with Gasteiger partial charge in [-0.1, -0.05) is 0 Å². The first-order valence-electron chi connectivity index (χ1n) is 5.58. The monoisotopic (exact) mass is 224 g/mol. The summed E-state index contributed by atoms with van der Waals surface area (Å²) in [7, 11) is 0. The van der Waals surface area contributed by atoms with Crippen LogP contribution in [0.2, 0.25) is 0 Å². The molecule has 0 aliphatic carbocycles. The van der Waals surface area contributed by atoms with E-state index in [9.17, 15) is 4.79 Å². The molecule has 0 bridgehead atoms. The summed E-state index contributed by atoms with van der Waals surface area (Å²) in [5.74, 6) is 1.75. The highest BCUT2D eigenvalue weighted by atomic mass is 16.3. The van der Waals surface area contributed by atoms with Crippen molar-refractivity contribution in [2.45, 2.75) is 46.3 Å². The maximum atomic E-state index is 11.6. The molecule has 1 unspecified atom stereocenters. The number of amides is 1. The van der Waals surface area contributed by atoms with Crippen LogP contribution >= 0.6 is 0 Å². The largest absolute Gasteiger partial charge is 0.465 e. The summed E-state index contributed by atoms with van der Waals surface area (Å²) in [6.45, 7) is 8.20. The van der Waals surface area contributed by atoms with Gasteiger partial charge in [0.05, 0.1) is 12.6 Å². The van der Waals surface area contributed by atoms with Crippen molar-refractivity contribution in [3.05, 3.63) is 23.7 Å². The zero-order valence-electron chi connectivity index (χ0n) is 10.3. The fourth-order valence-corrected chi connectivity index (χ4v) is 1.34. The van der Waals surface area contributed by atoms with Crippen LogP contribution in [0, 0.1) is 6.92 Å². The van der Waals surface area contributed by atoms with Crippen molar-refractivity contribution in [1.82, 2.24) is 10.6 Å². The first-order valence-corrected chi connectivity index (χ1v) is 5.58. The van der Waals surface area contributed by atoms with Gasteiger partial charge >= 0.3 is 0 Å². The van der Waals surface area contributed by atoms with Crippen molar-refractivity contribution in [2.75, 3.05) is 0 Å². The lowest BCUT2D eigenvalue weighted by molar-refractivity contribution is -0.123. The van der Waals surface area contributed by atoms with Crippen molar-refractivity contribution in [1.29, 1.82) is 0 Å². The van der Waals surface area contributed by atoms with Crippen LogP contribution in [0.1, 0.15) is 32.3 Å². The summed E-state index contributed by atoms with van der Waals surface area (Å²) >= 11 is 0. The Kier molecular flexibility index (Phi) is 4.55. The van der Waals surface area contributed by atoms with Crippen molar-refractivity contribution < 1.29 is 9.21 Å². The number of nitrogens with one attached hydrogen (secondary N) is 2. The maximum absolute atomic E-state index is 11.6. The van der Waals surface area contributed by atoms with Gasteiger partial charge in [-0.15, -0.1) is 0 Å². The van der Waals surface area contributed by atoms with Gasteiger partial charge in [0.1, 0.15) is 11.5 Å². The Morgan fingerprint density at radius 3 is 2.56 bits per heavy atom.